The number of anilines is 2. The van der Waals surface area contributed by atoms with Crippen LogP contribution >= 0.6 is 22.9 Å². The molecular formula is C22H15ClF3N7O2S. The largest absolute Gasteiger partial charge is 0.355 e. The second-order valence-electron chi connectivity index (χ2n) is 7.64. The summed E-state index contributed by atoms with van der Waals surface area (Å²) in [5.41, 5.74) is -0.110. The lowest BCUT2D eigenvalue weighted by atomic mass is 10.2. The maximum absolute atomic E-state index is 14.8. The van der Waals surface area contributed by atoms with Gasteiger partial charge in [0, 0.05) is 35.6 Å². The van der Waals surface area contributed by atoms with Gasteiger partial charge in [0.15, 0.2) is 11.6 Å². The molecule has 5 aromatic rings. The molecular weight excluding hydrogens is 519 g/mol. The molecule has 0 amide bonds. The van der Waals surface area contributed by atoms with Gasteiger partial charge in [0.1, 0.15) is 5.82 Å². The third-order valence-corrected chi connectivity index (χ3v) is 6.11. The molecule has 1 N–H and O–H groups in total. The summed E-state index contributed by atoms with van der Waals surface area (Å²) in [4.78, 5) is 34.3. The first-order valence-corrected chi connectivity index (χ1v) is 11.5. The van der Waals surface area contributed by atoms with Crippen molar-refractivity contribution in [3.05, 3.63) is 96.0 Å². The zero-order valence-corrected chi connectivity index (χ0v) is 19.8. The van der Waals surface area contributed by atoms with Crippen molar-refractivity contribution in [2.75, 3.05) is 5.32 Å². The smallest absolute Gasteiger partial charge is 0.324 e. The van der Waals surface area contributed by atoms with E-state index in [2.05, 4.69) is 20.4 Å². The van der Waals surface area contributed by atoms with Gasteiger partial charge in [0.05, 0.1) is 43.3 Å². The molecule has 0 unspecified atom stereocenters. The Kier molecular flexibility index (Phi) is 5.47. The lowest BCUT2D eigenvalue weighted by molar-refractivity contribution is 0.485. The summed E-state index contributed by atoms with van der Waals surface area (Å²) in [6.45, 7) is -1.12. The Balaban J connectivity index is 1.69. The minimum Gasteiger partial charge on any atom is -0.324 e. The van der Waals surface area contributed by atoms with Crippen molar-refractivity contribution in [2.45, 2.75) is 13.1 Å². The third kappa shape index (κ3) is 4.50. The van der Waals surface area contributed by atoms with Gasteiger partial charge in [0.2, 0.25) is 5.95 Å². The summed E-state index contributed by atoms with van der Waals surface area (Å²) in [5.74, 6) is -5.51. The monoisotopic (exact) mass is 535 g/mol. The minimum absolute atomic E-state index is 0.150. The van der Waals surface area contributed by atoms with Crippen LogP contribution in [0.2, 0.25) is 5.02 Å². The number of fused-ring (bicyclic) bond motifs is 1. The first-order valence-electron chi connectivity index (χ1n) is 11.2. The number of aryl methyl sites for hydroxylation is 1. The molecule has 5 rings (SSSR count). The molecule has 3 heterocycles. The number of thiazole rings is 1. The van der Waals surface area contributed by atoms with Crippen molar-refractivity contribution in [1.29, 1.82) is 0 Å². The molecule has 0 saturated heterocycles. The van der Waals surface area contributed by atoms with E-state index in [1.54, 1.807) is 29.4 Å². The fraction of sp³-hybridized carbons (Fsp3) is 0.136. The molecule has 0 atom stereocenters. The number of nitrogens with zero attached hydrogens (tertiary/aromatic N) is 6. The number of hydrogen-bond donors (Lipinski definition) is 1. The van der Waals surface area contributed by atoms with Crippen LogP contribution in [0.4, 0.5) is 24.8 Å². The molecule has 0 aliphatic heterocycles. The Hall–Kier alpha value is -3.97. The van der Waals surface area contributed by atoms with Gasteiger partial charge in [0.25, 0.3) is 0 Å². The molecule has 14 heteroatoms. The van der Waals surface area contributed by atoms with Gasteiger partial charge >= 0.3 is 11.4 Å². The van der Waals surface area contributed by atoms with Crippen molar-refractivity contribution in [2.24, 2.45) is 7.05 Å². The summed E-state index contributed by atoms with van der Waals surface area (Å²) < 4.78 is 61.3. The van der Waals surface area contributed by atoms with Gasteiger partial charge in [-0.25, -0.2) is 32.3 Å². The Morgan fingerprint density at radius 1 is 1.11 bits per heavy atom. The molecule has 0 spiro atoms. The maximum Gasteiger partial charge on any atom is 0.355 e. The third-order valence-electron chi connectivity index (χ3n) is 5.16. The molecule has 36 heavy (non-hydrogen) atoms. The Morgan fingerprint density at radius 2 is 1.89 bits per heavy atom. The highest BCUT2D eigenvalue weighted by atomic mass is 35.5. The van der Waals surface area contributed by atoms with Gasteiger partial charge in [-0.1, -0.05) is 11.6 Å². The van der Waals surface area contributed by atoms with Crippen LogP contribution in [0.25, 0.3) is 10.9 Å². The van der Waals surface area contributed by atoms with Crippen molar-refractivity contribution in [3.63, 3.8) is 0 Å². The topological polar surface area (TPSA) is 99.6 Å². The molecule has 0 fully saturated rings. The van der Waals surface area contributed by atoms with Crippen LogP contribution < -0.4 is 16.7 Å². The Morgan fingerprint density at radius 3 is 2.64 bits per heavy atom. The maximum atomic E-state index is 14.8. The van der Waals surface area contributed by atoms with E-state index in [-0.39, 0.29) is 17.3 Å². The zero-order chi connectivity index (χ0) is 27.3. The Bertz CT molecular complexity index is 1810. The molecule has 184 valence electrons. The van der Waals surface area contributed by atoms with Gasteiger partial charge < -0.3 is 5.32 Å². The van der Waals surface area contributed by atoms with Crippen LogP contribution in [-0.2, 0) is 20.1 Å². The molecule has 0 aliphatic rings. The first kappa shape index (κ1) is 21.3. The van der Waals surface area contributed by atoms with Gasteiger partial charge in [-0.2, -0.15) is 10.1 Å². The van der Waals surface area contributed by atoms with Gasteiger partial charge in [-0.15, -0.1) is 11.3 Å². The van der Waals surface area contributed by atoms with Crippen molar-refractivity contribution in [3.8, 4) is 0 Å². The standard InChI is InChI=1S/C22H15ClF3N7O2S/c1-31-6-12-3-19(14(23)4-18(12)30-31)28-20-29-21(34)33(8-13-9-36-10-27-13)22(35)32(20)7-11-2-16(25)17(26)5-15(11)24/h2-6,9-10H,7-8H2,1H3,(H,28,29,34)/i2D,5D. The van der Waals surface area contributed by atoms with Crippen molar-refractivity contribution >= 4 is 45.5 Å². The number of benzene rings is 2. The highest BCUT2D eigenvalue weighted by Crippen LogP contribution is 2.29. The molecule has 0 saturated carbocycles. The van der Waals surface area contributed by atoms with Crippen molar-refractivity contribution in [1.82, 2.24) is 28.9 Å². The van der Waals surface area contributed by atoms with Crippen LogP contribution in [0.5, 0.6) is 0 Å². The predicted octanol–water partition coefficient (Wildman–Crippen LogP) is 3.66. The van der Waals surface area contributed by atoms with E-state index in [0.29, 0.717) is 16.6 Å². The van der Waals surface area contributed by atoms with Crippen LogP contribution in [0.1, 0.15) is 14.0 Å². The second kappa shape index (κ2) is 9.24. The van der Waals surface area contributed by atoms with E-state index in [9.17, 15) is 22.8 Å². The van der Waals surface area contributed by atoms with E-state index in [4.69, 9.17) is 14.3 Å². The lowest BCUT2D eigenvalue weighted by Crippen LogP contribution is -2.43. The fourth-order valence-corrected chi connectivity index (χ4v) is 4.26. The summed E-state index contributed by atoms with van der Waals surface area (Å²) in [7, 11) is 1.71. The summed E-state index contributed by atoms with van der Waals surface area (Å²) in [5, 5.41) is 9.42. The van der Waals surface area contributed by atoms with Gasteiger partial charge in [-0.05, 0) is 18.2 Å². The highest BCUT2D eigenvalue weighted by Gasteiger charge is 2.19. The van der Waals surface area contributed by atoms with E-state index in [1.807, 2.05) is 0 Å². The molecule has 0 bridgehead atoms. The van der Waals surface area contributed by atoms with Crippen LogP contribution in [0.15, 0.2) is 50.9 Å². The van der Waals surface area contributed by atoms with Crippen LogP contribution in [0, 0.1) is 17.5 Å². The average molecular weight is 536 g/mol. The average Bonchev–Trinajstić information content (AvgIpc) is 3.52. The number of nitrogens with one attached hydrogen (secondary N) is 1. The van der Waals surface area contributed by atoms with E-state index >= 15 is 0 Å². The predicted molar refractivity (Wildman–Crippen MR) is 128 cm³/mol. The lowest BCUT2D eigenvalue weighted by Gasteiger charge is -2.16. The van der Waals surface area contributed by atoms with E-state index in [0.717, 1.165) is 9.13 Å². The molecule has 2 aromatic carbocycles. The van der Waals surface area contributed by atoms with Crippen LogP contribution in [0.3, 0.4) is 0 Å². The minimum atomic E-state index is -1.83. The molecule has 3 aromatic heterocycles. The number of hydrogen-bond acceptors (Lipinski definition) is 7. The summed E-state index contributed by atoms with van der Waals surface area (Å²) in [6.07, 6.45) is 1.70. The number of rotatable bonds is 6. The number of aromatic nitrogens is 6. The zero-order valence-electron chi connectivity index (χ0n) is 20.2. The fourth-order valence-electron chi connectivity index (χ4n) is 3.50. The number of halogens is 4. The quantitative estimate of drug-likeness (QED) is 0.333. The SMILES string of the molecule is [2H]c1c(F)c(F)c([2H])c(Cn2c(Nc3cc4cn(C)nc4cc3Cl)nc(=O)n(Cc3cscn3)c2=O)c1F. The Labute approximate surface area is 211 Å². The second-order valence-corrected chi connectivity index (χ2v) is 8.77. The van der Waals surface area contributed by atoms with Crippen LogP contribution in [-0.4, -0.2) is 28.9 Å². The van der Waals surface area contributed by atoms with E-state index < -0.39 is 59.0 Å². The van der Waals surface area contributed by atoms with E-state index in [1.165, 1.54) is 22.9 Å². The molecule has 0 aliphatic carbocycles. The summed E-state index contributed by atoms with van der Waals surface area (Å²) in [6, 6.07) is 0.539. The highest BCUT2D eigenvalue weighted by molar-refractivity contribution is 7.07. The molecule has 9 nitrogen and oxygen atoms in total. The first-order chi connectivity index (χ1) is 18.0. The molecule has 0 radical (unpaired) electrons. The summed E-state index contributed by atoms with van der Waals surface area (Å²) >= 11 is 7.60. The van der Waals surface area contributed by atoms with Gasteiger partial charge in [-0.3, -0.25) is 9.25 Å². The van der Waals surface area contributed by atoms with Crippen molar-refractivity contribution < 1.29 is 15.9 Å². The normalized spacial score (nSPS) is 12.1.